The summed E-state index contributed by atoms with van der Waals surface area (Å²) < 4.78 is 33.5. The van der Waals surface area contributed by atoms with E-state index in [4.69, 9.17) is 4.74 Å². The molecule has 1 aliphatic rings. The molecule has 9 nitrogen and oxygen atoms in total. The van der Waals surface area contributed by atoms with Crippen LogP contribution < -0.4 is 10.9 Å². The molecular weight excluding hydrogens is 556 g/mol. The van der Waals surface area contributed by atoms with Crippen LogP contribution >= 0.6 is 0 Å². The molecule has 3 aromatic heterocycles. The largest absolute Gasteiger partial charge is 0.378 e. The maximum absolute atomic E-state index is 13.6. The molecule has 1 fully saturated rings. The van der Waals surface area contributed by atoms with Gasteiger partial charge in [0.1, 0.15) is 11.2 Å². The Hall–Kier alpha value is -5.16. The number of rotatable bonds is 7. The second-order valence-corrected chi connectivity index (χ2v) is 10.2. The third-order valence-electron chi connectivity index (χ3n) is 7.37. The Morgan fingerprint density at radius 3 is 2.63 bits per heavy atom. The summed E-state index contributed by atoms with van der Waals surface area (Å²) in [4.78, 5) is 48.3. The van der Waals surface area contributed by atoms with Crippen molar-refractivity contribution in [3.05, 3.63) is 123 Å². The second-order valence-electron chi connectivity index (χ2n) is 10.2. The molecule has 6 rings (SSSR count). The van der Waals surface area contributed by atoms with Crippen LogP contribution in [0.25, 0.3) is 22.2 Å². The molecule has 0 aliphatic carbocycles. The number of aromatic amines is 1. The number of pyridine rings is 2. The van der Waals surface area contributed by atoms with Crippen molar-refractivity contribution in [3.8, 4) is 11.1 Å². The van der Waals surface area contributed by atoms with Crippen molar-refractivity contribution in [2.45, 2.75) is 13.1 Å². The summed E-state index contributed by atoms with van der Waals surface area (Å²) in [5.41, 5.74) is 3.44. The van der Waals surface area contributed by atoms with Gasteiger partial charge in [0.25, 0.3) is 17.4 Å². The van der Waals surface area contributed by atoms with Crippen molar-refractivity contribution in [3.63, 3.8) is 0 Å². The highest BCUT2D eigenvalue weighted by Crippen LogP contribution is 2.29. The molecule has 0 radical (unpaired) electrons. The maximum Gasteiger partial charge on any atom is 0.263 e. The van der Waals surface area contributed by atoms with Crippen LogP contribution in [-0.4, -0.2) is 57.6 Å². The molecular formula is C32H27F2N5O4. The van der Waals surface area contributed by atoms with Crippen LogP contribution in [0.4, 0.5) is 8.78 Å². The molecule has 2 amide bonds. The molecule has 0 bridgehead atoms. The van der Waals surface area contributed by atoms with E-state index >= 15 is 0 Å². The number of hydrogen-bond donors (Lipinski definition) is 2. The summed E-state index contributed by atoms with van der Waals surface area (Å²) in [6.07, 6.45) is 4.89. The number of ether oxygens (including phenoxy) is 1. The third kappa shape index (κ3) is 5.93. The van der Waals surface area contributed by atoms with Gasteiger partial charge < -0.3 is 24.5 Å². The molecule has 0 atom stereocenters. The Morgan fingerprint density at radius 2 is 1.81 bits per heavy atom. The van der Waals surface area contributed by atoms with E-state index in [9.17, 15) is 23.2 Å². The number of nitrogens with zero attached hydrogens (tertiary/aromatic N) is 3. The van der Waals surface area contributed by atoms with Crippen LogP contribution in [0, 0.1) is 11.6 Å². The predicted molar refractivity (Wildman–Crippen MR) is 156 cm³/mol. The van der Waals surface area contributed by atoms with Crippen molar-refractivity contribution in [2.24, 2.45) is 0 Å². The fourth-order valence-corrected chi connectivity index (χ4v) is 5.10. The number of benzene rings is 2. The number of fused-ring (bicyclic) bond motifs is 1. The molecule has 11 heteroatoms. The molecule has 0 saturated carbocycles. The van der Waals surface area contributed by atoms with Gasteiger partial charge in [-0.25, -0.2) is 13.8 Å². The highest BCUT2D eigenvalue weighted by molar-refractivity contribution is 6.01. The maximum atomic E-state index is 13.6. The molecule has 0 spiro atoms. The van der Waals surface area contributed by atoms with Crippen LogP contribution in [0.5, 0.6) is 0 Å². The molecule has 2 N–H and O–H groups in total. The molecule has 4 heterocycles. The lowest BCUT2D eigenvalue weighted by Gasteiger charge is -2.26. The standard InChI is InChI=1S/C32H27F2N5O4/c33-27-7-6-21(14-28(27)34)19-39-8-2-5-24(32(39)42)30(40)37-16-20-3-1-4-22(13-20)26-18-36-29-25(26)15-23(17-35-29)31(41)38-9-11-43-12-10-38/h1-8,13-15,17-18H,9-12,16,19H2,(H,35,36)(H,37,40). The summed E-state index contributed by atoms with van der Waals surface area (Å²) in [6.45, 7) is 2.24. The fraction of sp³-hybridized carbons (Fsp3) is 0.188. The number of morpholine rings is 1. The zero-order chi connectivity index (χ0) is 29.9. The Bertz CT molecular complexity index is 1890. The fourth-order valence-electron chi connectivity index (χ4n) is 5.10. The van der Waals surface area contributed by atoms with Crippen LogP contribution in [0.3, 0.4) is 0 Å². The van der Waals surface area contributed by atoms with Crippen molar-refractivity contribution >= 4 is 22.8 Å². The van der Waals surface area contributed by atoms with Crippen LogP contribution in [0.1, 0.15) is 31.8 Å². The van der Waals surface area contributed by atoms with Gasteiger partial charge in [-0.1, -0.05) is 24.3 Å². The minimum Gasteiger partial charge on any atom is -0.378 e. The third-order valence-corrected chi connectivity index (χ3v) is 7.37. The highest BCUT2D eigenvalue weighted by atomic mass is 19.2. The van der Waals surface area contributed by atoms with Gasteiger partial charge in [0.05, 0.1) is 25.3 Å². The number of amides is 2. The van der Waals surface area contributed by atoms with E-state index < -0.39 is 23.1 Å². The van der Waals surface area contributed by atoms with Gasteiger partial charge in [0, 0.05) is 49.2 Å². The number of carbonyl (C=O) groups excluding carboxylic acids is 2. The van der Waals surface area contributed by atoms with E-state index in [1.54, 1.807) is 17.2 Å². The first-order chi connectivity index (χ1) is 20.9. The van der Waals surface area contributed by atoms with Crippen molar-refractivity contribution in [2.75, 3.05) is 26.3 Å². The van der Waals surface area contributed by atoms with E-state index in [1.165, 1.54) is 22.9 Å². The smallest absolute Gasteiger partial charge is 0.263 e. The van der Waals surface area contributed by atoms with E-state index in [-0.39, 0.29) is 24.6 Å². The molecule has 218 valence electrons. The first kappa shape index (κ1) is 28.0. The first-order valence-corrected chi connectivity index (χ1v) is 13.7. The van der Waals surface area contributed by atoms with Gasteiger partial charge in [-0.3, -0.25) is 14.4 Å². The number of H-pyrrole nitrogens is 1. The van der Waals surface area contributed by atoms with Gasteiger partial charge in [-0.2, -0.15) is 0 Å². The second kappa shape index (κ2) is 12.0. The lowest BCUT2D eigenvalue weighted by molar-refractivity contribution is 0.0302. The van der Waals surface area contributed by atoms with E-state index in [0.717, 1.165) is 34.2 Å². The average molecular weight is 584 g/mol. The Labute approximate surface area is 244 Å². The van der Waals surface area contributed by atoms with E-state index in [2.05, 4.69) is 15.3 Å². The summed E-state index contributed by atoms with van der Waals surface area (Å²) in [6, 6.07) is 15.8. The monoisotopic (exact) mass is 583 g/mol. The van der Waals surface area contributed by atoms with Gasteiger partial charge in [0.2, 0.25) is 0 Å². The Balaban J connectivity index is 1.18. The van der Waals surface area contributed by atoms with Crippen molar-refractivity contribution < 1.29 is 23.1 Å². The highest BCUT2D eigenvalue weighted by Gasteiger charge is 2.20. The number of halogens is 2. The normalized spacial score (nSPS) is 13.3. The topological polar surface area (TPSA) is 109 Å². The van der Waals surface area contributed by atoms with E-state index in [1.807, 2.05) is 36.5 Å². The number of carbonyl (C=O) groups is 2. The zero-order valence-electron chi connectivity index (χ0n) is 23.0. The predicted octanol–water partition coefficient (Wildman–Crippen LogP) is 4.12. The lowest BCUT2D eigenvalue weighted by atomic mass is 10.0. The van der Waals surface area contributed by atoms with Gasteiger partial charge in [-0.05, 0) is 53.1 Å². The van der Waals surface area contributed by atoms with Gasteiger partial charge in [0.15, 0.2) is 11.6 Å². The Kier molecular flexibility index (Phi) is 7.80. The van der Waals surface area contributed by atoms with Crippen LogP contribution in [0.2, 0.25) is 0 Å². The SMILES string of the molecule is O=C(NCc1cccc(-c2c[nH]c3ncc(C(=O)N4CCOCC4)cc23)c1)c1cccn(Cc2ccc(F)c(F)c2)c1=O. The van der Waals surface area contributed by atoms with Crippen LogP contribution in [-0.2, 0) is 17.8 Å². The first-order valence-electron chi connectivity index (χ1n) is 13.7. The van der Waals surface area contributed by atoms with E-state index in [0.29, 0.717) is 43.1 Å². The number of hydrogen-bond acceptors (Lipinski definition) is 5. The Morgan fingerprint density at radius 1 is 0.977 bits per heavy atom. The zero-order valence-corrected chi connectivity index (χ0v) is 23.0. The van der Waals surface area contributed by atoms with Crippen LogP contribution in [0.15, 0.2) is 84.0 Å². The minimum absolute atomic E-state index is 0.0154. The molecule has 43 heavy (non-hydrogen) atoms. The molecule has 1 aliphatic heterocycles. The summed E-state index contributed by atoms with van der Waals surface area (Å²) in [7, 11) is 0. The summed E-state index contributed by atoms with van der Waals surface area (Å²) >= 11 is 0. The molecule has 1 saturated heterocycles. The average Bonchev–Trinajstić information content (AvgIpc) is 3.46. The lowest BCUT2D eigenvalue weighted by Crippen LogP contribution is -2.40. The number of aromatic nitrogens is 3. The minimum atomic E-state index is -1.01. The van der Waals surface area contributed by atoms with Gasteiger partial charge in [-0.15, -0.1) is 0 Å². The quantitative estimate of drug-likeness (QED) is 0.300. The van der Waals surface area contributed by atoms with Crippen molar-refractivity contribution in [1.82, 2.24) is 24.8 Å². The molecule has 5 aromatic rings. The summed E-state index contributed by atoms with van der Waals surface area (Å²) in [5, 5.41) is 3.59. The molecule has 0 unspecified atom stereocenters. The summed E-state index contributed by atoms with van der Waals surface area (Å²) in [5.74, 6) is -2.63. The number of nitrogens with one attached hydrogen (secondary N) is 2. The van der Waals surface area contributed by atoms with Gasteiger partial charge >= 0.3 is 0 Å². The van der Waals surface area contributed by atoms with Crippen molar-refractivity contribution in [1.29, 1.82) is 0 Å². The molecule has 2 aromatic carbocycles.